The molecule has 3 heteroatoms. The molecule has 1 aliphatic rings. The topological polar surface area (TPSA) is 50.4 Å². The fourth-order valence-electron chi connectivity index (χ4n) is 2.43. The number of nitrogens with zero attached hydrogens (tertiary/aromatic N) is 1. The van der Waals surface area contributed by atoms with E-state index in [0.29, 0.717) is 5.96 Å². The second-order valence-electron chi connectivity index (χ2n) is 4.44. The van der Waals surface area contributed by atoms with Crippen LogP contribution in [-0.2, 0) is 6.42 Å². The first-order valence-corrected chi connectivity index (χ1v) is 5.98. The number of rotatable bonds is 1. The van der Waals surface area contributed by atoms with Crippen LogP contribution >= 0.6 is 0 Å². The lowest BCUT2D eigenvalue weighted by atomic mass is 10.1. The Bertz CT molecular complexity index is 629. The van der Waals surface area contributed by atoms with Crippen molar-refractivity contribution < 1.29 is 0 Å². The zero-order valence-electron chi connectivity index (χ0n) is 10.3. The molecule has 0 spiro atoms. The third-order valence-corrected chi connectivity index (χ3v) is 3.31. The monoisotopic (exact) mass is 237 g/mol. The minimum absolute atomic E-state index is 0.436. The Morgan fingerprint density at radius 3 is 2.72 bits per heavy atom. The maximum atomic E-state index is 5.67. The average molecular weight is 237 g/mol. The summed E-state index contributed by atoms with van der Waals surface area (Å²) in [6.45, 7) is 0. The Morgan fingerprint density at radius 2 is 1.89 bits per heavy atom. The SMILES string of the molecule is CN=C(N)Nc1ccc2c(c1)Cc1ccccc1-2. The molecule has 0 unspecified atom stereocenters. The predicted octanol–water partition coefficient (Wildman–Crippen LogP) is 2.61. The summed E-state index contributed by atoms with van der Waals surface area (Å²) in [7, 11) is 1.67. The van der Waals surface area contributed by atoms with Crippen molar-refractivity contribution in [2.24, 2.45) is 10.7 Å². The number of benzene rings is 2. The Hall–Kier alpha value is -2.29. The summed E-state index contributed by atoms with van der Waals surface area (Å²) in [5.41, 5.74) is 12.1. The first-order chi connectivity index (χ1) is 8.78. The van der Waals surface area contributed by atoms with E-state index in [9.17, 15) is 0 Å². The van der Waals surface area contributed by atoms with Crippen molar-refractivity contribution in [2.45, 2.75) is 6.42 Å². The van der Waals surface area contributed by atoms with Crippen molar-refractivity contribution in [1.82, 2.24) is 0 Å². The number of hydrogen-bond acceptors (Lipinski definition) is 1. The highest BCUT2D eigenvalue weighted by Crippen LogP contribution is 2.37. The predicted molar refractivity (Wildman–Crippen MR) is 75.9 cm³/mol. The number of anilines is 1. The van der Waals surface area contributed by atoms with E-state index in [1.165, 1.54) is 22.3 Å². The summed E-state index contributed by atoms with van der Waals surface area (Å²) in [5, 5.41) is 3.08. The number of aliphatic imine (C=N–C) groups is 1. The molecule has 0 atom stereocenters. The van der Waals surface area contributed by atoms with Crippen molar-refractivity contribution >= 4 is 11.6 Å². The molecule has 0 bridgehead atoms. The van der Waals surface area contributed by atoms with E-state index in [0.717, 1.165) is 12.1 Å². The van der Waals surface area contributed by atoms with Crippen LogP contribution in [0.15, 0.2) is 47.5 Å². The molecule has 0 saturated carbocycles. The average Bonchev–Trinajstić information content (AvgIpc) is 2.76. The molecule has 0 fully saturated rings. The molecule has 2 aromatic rings. The normalized spacial score (nSPS) is 13.1. The van der Waals surface area contributed by atoms with Crippen molar-refractivity contribution in [1.29, 1.82) is 0 Å². The largest absolute Gasteiger partial charge is 0.370 e. The number of guanidine groups is 1. The highest BCUT2D eigenvalue weighted by atomic mass is 15.1. The Balaban J connectivity index is 1.98. The van der Waals surface area contributed by atoms with Crippen molar-refractivity contribution in [3.05, 3.63) is 53.6 Å². The number of nitrogens with one attached hydrogen (secondary N) is 1. The van der Waals surface area contributed by atoms with Crippen LogP contribution in [0.5, 0.6) is 0 Å². The molecule has 0 radical (unpaired) electrons. The van der Waals surface area contributed by atoms with Gasteiger partial charge in [0, 0.05) is 12.7 Å². The molecule has 90 valence electrons. The smallest absolute Gasteiger partial charge is 0.192 e. The van der Waals surface area contributed by atoms with Crippen molar-refractivity contribution in [3.8, 4) is 11.1 Å². The molecule has 18 heavy (non-hydrogen) atoms. The molecule has 2 aromatic carbocycles. The van der Waals surface area contributed by atoms with Gasteiger partial charge in [0.2, 0.25) is 0 Å². The van der Waals surface area contributed by atoms with Gasteiger partial charge in [0.05, 0.1) is 0 Å². The van der Waals surface area contributed by atoms with E-state index >= 15 is 0 Å². The van der Waals surface area contributed by atoms with Gasteiger partial charge in [0.1, 0.15) is 0 Å². The molecule has 0 heterocycles. The van der Waals surface area contributed by atoms with Crippen LogP contribution in [0.2, 0.25) is 0 Å². The quantitative estimate of drug-likeness (QED) is 0.505. The van der Waals surface area contributed by atoms with Crippen LogP contribution in [0.3, 0.4) is 0 Å². The zero-order valence-corrected chi connectivity index (χ0v) is 10.3. The second-order valence-corrected chi connectivity index (χ2v) is 4.44. The van der Waals surface area contributed by atoms with Gasteiger partial charge >= 0.3 is 0 Å². The standard InChI is InChI=1S/C15H15N3/c1-17-15(16)18-12-6-7-14-11(9-12)8-10-4-2-3-5-13(10)14/h2-7,9H,8H2,1H3,(H3,16,17,18). The third-order valence-electron chi connectivity index (χ3n) is 3.31. The van der Waals surface area contributed by atoms with Gasteiger partial charge in [-0.15, -0.1) is 0 Å². The fraction of sp³-hybridized carbons (Fsp3) is 0.133. The van der Waals surface area contributed by atoms with Gasteiger partial charge < -0.3 is 11.1 Å². The second kappa shape index (κ2) is 4.18. The summed E-state index contributed by atoms with van der Waals surface area (Å²) < 4.78 is 0. The molecule has 3 nitrogen and oxygen atoms in total. The summed E-state index contributed by atoms with van der Waals surface area (Å²) in [6.07, 6.45) is 0.990. The number of nitrogens with two attached hydrogens (primary N) is 1. The van der Waals surface area contributed by atoms with Gasteiger partial charge in [-0.2, -0.15) is 0 Å². The summed E-state index contributed by atoms with van der Waals surface area (Å²) in [4.78, 5) is 3.90. The summed E-state index contributed by atoms with van der Waals surface area (Å²) >= 11 is 0. The third kappa shape index (κ3) is 1.74. The Kier molecular flexibility index (Phi) is 2.52. The van der Waals surface area contributed by atoms with E-state index in [-0.39, 0.29) is 0 Å². The molecule has 1 aliphatic carbocycles. The van der Waals surface area contributed by atoms with Crippen LogP contribution in [0, 0.1) is 0 Å². The van der Waals surface area contributed by atoms with Crippen molar-refractivity contribution in [3.63, 3.8) is 0 Å². The van der Waals surface area contributed by atoms with Gasteiger partial charge in [0.15, 0.2) is 5.96 Å². The van der Waals surface area contributed by atoms with Gasteiger partial charge in [0.25, 0.3) is 0 Å². The lowest BCUT2D eigenvalue weighted by Crippen LogP contribution is -2.21. The molecule has 0 saturated heterocycles. The number of hydrogen-bond donors (Lipinski definition) is 2. The summed E-state index contributed by atoms with van der Waals surface area (Å²) in [5.74, 6) is 0.436. The molecule has 0 amide bonds. The van der Waals surface area contributed by atoms with E-state index in [1.54, 1.807) is 7.05 Å². The highest BCUT2D eigenvalue weighted by Gasteiger charge is 2.17. The molecular weight excluding hydrogens is 222 g/mol. The molecule has 0 aliphatic heterocycles. The Labute approximate surface area is 106 Å². The Morgan fingerprint density at radius 1 is 1.11 bits per heavy atom. The van der Waals surface area contributed by atoms with Gasteiger partial charge in [-0.3, -0.25) is 4.99 Å². The van der Waals surface area contributed by atoms with Crippen LogP contribution in [0.25, 0.3) is 11.1 Å². The van der Waals surface area contributed by atoms with E-state index < -0.39 is 0 Å². The maximum Gasteiger partial charge on any atom is 0.192 e. The lowest BCUT2D eigenvalue weighted by molar-refractivity contribution is 1.26. The van der Waals surface area contributed by atoms with E-state index in [2.05, 4.69) is 46.7 Å². The fourth-order valence-corrected chi connectivity index (χ4v) is 2.43. The zero-order chi connectivity index (χ0) is 12.5. The lowest BCUT2D eigenvalue weighted by Gasteiger charge is -2.07. The van der Waals surface area contributed by atoms with Crippen LogP contribution in [0.1, 0.15) is 11.1 Å². The van der Waals surface area contributed by atoms with E-state index in [1.807, 2.05) is 6.07 Å². The molecule has 0 aromatic heterocycles. The van der Waals surface area contributed by atoms with Crippen molar-refractivity contribution in [2.75, 3.05) is 12.4 Å². The highest BCUT2D eigenvalue weighted by molar-refractivity contribution is 5.93. The first-order valence-electron chi connectivity index (χ1n) is 5.98. The molecule has 3 rings (SSSR count). The minimum atomic E-state index is 0.436. The summed E-state index contributed by atoms with van der Waals surface area (Å²) in [6, 6.07) is 14.9. The first kappa shape index (κ1) is 10.8. The molecule has 3 N–H and O–H groups in total. The maximum absolute atomic E-state index is 5.67. The minimum Gasteiger partial charge on any atom is -0.370 e. The van der Waals surface area contributed by atoms with Crippen LogP contribution in [0.4, 0.5) is 5.69 Å². The van der Waals surface area contributed by atoms with Crippen LogP contribution in [-0.4, -0.2) is 13.0 Å². The van der Waals surface area contributed by atoms with Crippen LogP contribution < -0.4 is 11.1 Å². The van der Waals surface area contributed by atoms with E-state index in [4.69, 9.17) is 5.73 Å². The van der Waals surface area contributed by atoms with Gasteiger partial charge in [-0.05, 0) is 40.8 Å². The number of fused-ring (bicyclic) bond motifs is 3. The van der Waals surface area contributed by atoms with Gasteiger partial charge in [-0.1, -0.05) is 30.3 Å². The van der Waals surface area contributed by atoms with Gasteiger partial charge in [-0.25, -0.2) is 0 Å². The molecular formula is C15H15N3.